The summed E-state index contributed by atoms with van der Waals surface area (Å²) >= 11 is 0. The minimum atomic E-state index is -3.64. The zero-order valence-corrected chi connectivity index (χ0v) is 21.7. The Morgan fingerprint density at radius 1 is 0.875 bits per heavy atom. The number of likely N-dealkylation sites (N-methyl/N-ethyl adjacent to an activating group) is 1. The molecule has 8 nitrogen and oxygen atoms in total. The summed E-state index contributed by atoms with van der Waals surface area (Å²) in [5.74, 6) is -0.260. The minimum Gasteiger partial charge on any atom is -0.464 e. The molecule has 2 atom stereocenters. The summed E-state index contributed by atoms with van der Waals surface area (Å²) in [4.78, 5) is 11.9. The van der Waals surface area contributed by atoms with Crippen molar-refractivity contribution in [2.75, 3.05) is 40.5 Å². The van der Waals surface area contributed by atoms with Gasteiger partial charge in [0.15, 0.2) is 0 Å². The van der Waals surface area contributed by atoms with Crippen LogP contribution in [-0.2, 0) is 27.7 Å². The molecule has 0 saturated carbocycles. The van der Waals surface area contributed by atoms with Gasteiger partial charge in [0.2, 0.25) is 0 Å². The van der Waals surface area contributed by atoms with E-state index >= 15 is 0 Å². The van der Waals surface area contributed by atoms with E-state index in [1.165, 1.54) is 71.3 Å². The molecule has 0 saturated heterocycles. The Hall–Kier alpha value is -0.500. The van der Waals surface area contributed by atoms with E-state index in [9.17, 15) is 9.36 Å². The number of esters is 1. The Kier molecular flexibility index (Phi) is 22.0. The molecule has 0 spiro atoms. The molecule has 0 aromatic heterocycles. The molecular weight excluding hydrogens is 431 g/mol. The molecule has 0 bridgehead atoms. The van der Waals surface area contributed by atoms with E-state index in [-0.39, 0.29) is 25.8 Å². The van der Waals surface area contributed by atoms with Crippen molar-refractivity contribution in [1.29, 1.82) is 0 Å². The summed E-state index contributed by atoms with van der Waals surface area (Å²) in [6.45, 7) is 2.88. The number of hydrogen-bond acceptors (Lipinski definition) is 8. The third-order valence-electron chi connectivity index (χ3n) is 5.21. The monoisotopic (exact) mass is 480 g/mol. The van der Waals surface area contributed by atoms with Crippen LogP contribution in [0.1, 0.15) is 96.8 Å². The average Bonchev–Trinajstić information content (AvgIpc) is 2.79. The number of nitrogens with two attached hydrogens (primary N) is 1. The van der Waals surface area contributed by atoms with Gasteiger partial charge in [0.25, 0.3) is 0 Å². The van der Waals surface area contributed by atoms with Gasteiger partial charge >= 0.3 is 13.8 Å². The minimum absolute atomic E-state index is 0.0114. The third kappa shape index (κ3) is 20.1. The van der Waals surface area contributed by atoms with Crippen molar-refractivity contribution in [3.63, 3.8) is 0 Å². The molecule has 0 aromatic rings. The molecule has 0 aromatic carbocycles. The Labute approximate surface area is 196 Å². The second-order valence-corrected chi connectivity index (χ2v) is 10.1. The van der Waals surface area contributed by atoms with Crippen molar-refractivity contribution in [3.8, 4) is 0 Å². The number of rotatable bonds is 24. The lowest BCUT2D eigenvalue weighted by Gasteiger charge is -2.18. The van der Waals surface area contributed by atoms with Gasteiger partial charge < -0.3 is 15.8 Å². The van der Waals surface area contributed by atoms with E-state index in [0.29, 0.717) is 13.0 Å². The second-order valence-electron chi connectivity index (χ2n) is 8.30. The molecule has 0 rings (SSSR count). The third-order valence-corrected chi connectivity index (χ3v) is 6.63. The van der Waals surface area contributed by atoms with Crippen LogP contribution in [0.25, 0.3) is 0 Å². The molecule has 0 amide bonds. The zero-order chi connectivity index (χ0) is 23.9. The molecule has 3 N–H and O–H groups in total. The van der Waals surface area contributed by atoms with Crippen molar-refractivity contribution < 1.29 is 27.7 Å². The highest BCUT2D eigenvalue weighted by molar-refractivity contribution is 7.48. The van der Waals surface area contributed by atoms with Crippen molar-refractivity contribution in [2.45, 2.75) is 103 Å². The Bertz CT molecular complexity index is 481. The van der Waals surface area contributed by atoms with Gasteiger partial charge in [0.05, 0.1) is 19.3 Å². The van der Waals surface area contributed by atoms with Gasteiger partial charge in [-0.3, -0.25) is 18.4 Å². The van der Waals surface area contributed by atoms with Gasteiger partial charge in [-0.2, -0.15) is 0 Å². The summed E-state index contributed by atoms with van der Waals surface area (Å²) < 4.78 is 32.5. The first kappa shape index (κ1) is 31.5. The predicted molar refractivity (Wildman–Crippen MR) is 130 cm³/mol. The number of phosphoric acid groups is 1. The van der Waals surface area contributed by atoms with E-state index in [4.69, 9.17) is 24.0 Å². The molecule has 0 aliphatic rings. The smallest absolute Gasteiger partial charge is 0.464 e. The number of hydrogen-bond donors (Lipinski definition) is 2. The summed E-state index contributed by atoms with van der Waals surface area (Å²) in [6, 6.07) is -0.595. The number of carbonyl (C=O) groups excluding carboxylic acids is 1. The molecule has 2 unspecified atom stereocenters. The maximum atomic E-state index is 12.2. The van der Waals surface area contributed by atoms with E-state index in [1.54, 1.807) is 7.05 Å². The largest absolute Gasteiger partial charge is 0.474 e. The highest BCUT2D eigenvalue weighted by Gasteiger charge is 2.25. The molecule has 0 radical (unpaired) electrons. The molecular formula is C23H49N2O6P. The topological polar surface area (TPSA) is 109 Å². The Balaban J connectivity index is 3.58. The molecule has 0 heterocycles. The van der Waals surface area contributed by atoms with Crippen LogP contribution in [0.3, 0.4) is 0 Å². The first-order valence-corrected chi connectivity index (χ1v) is 13.9. The highest BCUT2D eigenvalue weighted by atomic mass is 31.2. The fraction of sp³-hybridized carbons (Fsp3) is 0.957. The van der Waals surface area contributed by atoms with Crippen LogP contribution in [0.4, 0.5) is 0 Å². The van der Waals surface area contributed by atoms with E-state index in [2.05, 4.69) is 12.2 Å². The van der Waals surface area contributed by atoms with E-state index in [0.717, 1.165) is 19.3 Å². The Morgan fingerprint density at radius 3 is 1.91 bits per heavy atom. The molecule has 9 heteroatoms. The van der Waals surface area contributed by atoms with Crippen molar-refractivity contribution >= 4 is 13.8 Å². The maximum Gasteiger partial charge on any atom is 0.474 e. The number of unbranched alkanes of at least 4 members (excludes halogenated alkanes) is 12. The van der Waals surface area contributed by atoms with Crippen LogP contribution >= 0.6 is 7.82 Å². The SMILES string of the molecule is CCCCCCCCCCCCCCCC(=O)OCC(N)COP(=O)(OC)OCCNC. The molecule has 0 aliphatic carbocycles. The standard InChI is InChI=1S/C23H49N2O6P/c1-4-5-6-7-8-9-10-11-12-13-14-15-16-17-23(26)29-20-22(24)21-31-32(27,28-3)30-19-18-25-2/h22,25H,4-21,24H2,1-3H3. The molecule has 0 fully saturated rings. The van der Waals surface area contributed by atoms with E-state index < -0.39 is 13.9 Å². The van der Waals surface area contributed by atoms with Crippen molar-refractivity contribution in [1.82, 2.24) is 5.32 Å². The van der Waals surface area contributed by atoms with Crippen LogP contribution in [0.2, 0.25) is 0 Å². The van der Waals surface area contributed by atoms with Crippen LogP contribution in [-0.4, -0.2) is 52.5 Å². The predicted octanol–water partition coefficient (Wildman–Crippen LogP) is 5.35. The second kappa shape index (κ2) is 22.3. The van der Waals surface area contributed by atoms with Crippen molar-refractivity contribution in [3.05, 3.63) is 0 Å². The lowest BCUT2D eigenvalue weighted by Crippen LogP contribution is -2.32. The van der Waals surface area contributed by atoms with Gasteiger partial charge in [-0.25, -0.2) is 4.57 Å². The summed E-state index contributed by atoms with van der Waals surface area (Å²) in [6.07, 6.45) is 16.9. The quantitative estimate of drug-likeness (QED) is 0.108. The maximum absolute atomic E-state index is 12.2. The van der Waals surface area contributed by atoms with Gasteiger partial charge in [-0.05, 0) is 13.5 Å². The lowest BCUT2D eigenvalue weighted by atomic mass is 10.0. The van der Waals surface area contributed by atoms with Crippen LogP contribution < -0.4 is 11.1 Å². The zero-order valence-electron chi connectivity index (χ0n) is 20.8. The fourth-order valence-corrected chi connectivity index (χ4v) is 4.17. The number of nitrogens with one attached hydrogen (secondary N) is 1. The summed E-state index contributed by atoms with van der Waals surface area (Å²) in [5.41, 5.74) is 5.87. The summed E-state index contributed by atoms with van der Waals surface area (Å²) in [5, 5.41) is 2.87. The van der Waals surface area contributed by atoms with E-state index in [1.807, 2.05) is 0 Å². The lowest BCUT2D eigenvalue weighted by molar-refractivity contribution is -0.144. The summed E-state index contributed by atoms with van der Waals surface area (Å²) in [7, 11) is -0.630. The molecule has 32 heavy (non-hydrogen) atoms. The van der Waals surface area contributed by atoms with Crippen molar-refractivity contribution in [2.24, 2.45) is 5.73 Å². The fourth-order valence-electron chi connectivity index (χ4n) is 3.20. The van der Waals surface area contributed by atoms with Gasteiger partial charge in [-0.15, -0.1) is 0 Å². The van der Waals surface area contributed by atoms with Crippen LogP contribution in [0, 0.1) is 0 Å². The van der Waals surface area contributed by atoms with Crippen LogP contribution in [0.15, 0.2) is 0 Å². The van der Waals surface area contributed by atoms with Gasteiger partial charge in [0.1, 0.15) is 6.61 Å². The molecule has 192 valence electrons. The molecule has 0 aliphatic heterocycles. The van der Waals surface area contributed by atoms with Gasteiger partial charge in [0, 0.05) is 20.1 Å². The first-order valence-electron chi connectivity index (χ1n) is 12.5. The average molecular weight is 481 g/mol. The normalized spacial score (nSPS) is 14.2. The van der Waals surface area contributed by atoms with Crippen LogP contribution in [0.5, 0.6) is 0 Å². The first-order chi connectivity index (χ1) is 15.5. The van der Waals surface area contributed by atoms with Gasteiger partial charge in [-0.1, -0.05) is 84.0 Å². The number of phosphoric ester groups is 1. The Morgan fingerprint density at radius 2 is 1.41 bits per heavy atom. The number of ether oxygens (including phenoxy) is 1. The highest BCUT2D eigenvalue weighted by Crippen LogP contribution is 2.48. The number of carbonyl (C=O) groups is 1.